The molecule has 0 aromatic carbocycles. The summed E-state index contributed by atoms with van der Waals surface area (Å²) >= 11 is 0. The summed E-state index contributed by atoms with van der Waals surface area (Å²) in [5, 5.41) is 10.9. The predicted octanol–water partition coefficient (Wildman–Crippen LogP) is 2.15. The van der Waals surface area contributed by atoms with Crippen LogP contribution in [0.25, 0.3) is 0 Å². The van der Waals surface area contributed by atoms with Gasteiger partial charge in [0.15, 0.2) is 0 Å². The smallest absolute Gasteiger partial charge is 0.271 e. The minimum Gasteiger partial charge on any atom is -0.350 e. The SMILES string of the molecule is CCC1(CNC(=O)c2ccn(C3CCCNC3)n2)CC1.Cl. The molecule has 1 saturated heterocycles. The topological polar surface area (TPSA) is 59.0 Å². The molecule has 2 heterocycles. The molecule has 1 atom stereocenters. The molecule has 1 unspecified atom stereocenters. The fraction of sp³-hybridized carbons (Fsp3) is 0.733. The average Bonchev–Trinajstić information content (AvgIpc) is 3.12. The predicted molar refractivity (Wildman–Crippen MR) is 84.9 cm³/mol. The summed E-state index contributed by atoms with van der Waals surface area (Å²) in [4.78, 5) is 12.1. The number of carbonyl (C=O) groups excluding carboxylic acids is 1. The number of aromatic nitrogens is 2. The highest BCUT2D eigenvalue weighted by atomic mass is 35.5. The van der Waals surface area contributed by atoms with Crippen molar-refractivity contribution in [3.63, 3.8) is 0 Å². The Morgan fingerprint density at radius 2 is 2.38 bits per heavy atom. The van der Waals surface area contributed by atoms with Crippen molar-refractivity contribution in [2.45, 2.75) is 45.1 Å². The van der Waals surface area contributed by atoms with Gasteiger partial charge < -0.3 is 10.6 Å². The first-order valence-corrected chi connectivity index (χ1v) is 7.76. The van der Waals surface area contributed by atoms with Crippen LogP contribution in [0.15, 0.2) is 12.3 Å². The lowest BCUT2D eigenvalue weighted by Crippen LogP contribution is -2.33. The van der Waals surface area contributed by atoms with Crippen molar-refractivity contribution in [2.24, 2.45) is 5.41 Å². The molecular formula is C15H25ClN4O. The van der Waals surface area contributed by atoms with Crippen LogP contribution < -0.4 is 10.6 Å². The van der Waals surface area contributed by atoms with E-state index in [-0.39, 0.29) is 18.3 Å². The van der Waals surface area contributed by atoms with Crippen LogP contribution in [0, 0.1) is 5.41 Å². The maximum Gasteiger partial charge on any atom is 0.271 e. The second-order valence-corrected chi connectivity index (χ2v) is 6.22. The van der Waals surface area contributed by atoms with E-state index in [2.05, 4.69) is 22.7 Å². The van der Waals surface area contributed by atoms with E-state index in [0.717, 1.165) is 32.5 Å². The number of halogens is 1. The minimum atomic E-state index is -0.0350. The third kappa shape index (κ3) is 3.77. The molecule has 5 nitrogen and oxygen atoms in total. The minimum absolute atomic E-state index is 0. The van der Waals surface area contributed by atoms with Crippen LogP contribution in [0.2, 0.25) is 0 Å². The van der Waals surface area contributed by atoms with Gasteiger partial charge in [-0.3, -0.25) is 9.48 Å². The highest BCUT2D eigenvalue weighted by Crippen LogP contribution is 2.47. The van der Waals surface area contributed by atoms with Crippen LogP contribution in [0.4, 0.5) is 0 Å². The van der Waals surface area contributed by atoms with E-state index in [1.54, 1.807) is 0 Å². The molecule has 1 aliphatic carbocycles. The molecule has 0 radical (unpaired) electrons. The number of rotatable bonds is 5. The average molecular weight is 313 g/mol. The van der Waals surface area contributed by atoms with Crippen LogP contribution >= 0.6 is 12.4 Å². The lowest BCUT2D eigenvalue weighted by atomic mass is 10.0. The maximum absolute atomic E-state index is 12.1. The Balaban J connectivity index is 0.00000161. The molecule has 1 saturated carbocycles. The van der Waals surface area contributed by atoms with E-state index in [9.17, 15) is 4.79 Å². The van der Waals surface area contributed by atoms with Gasteiger partial charge >= 0.3 is 0 Å². The largest absolute Gasteiger partial charge is 0.350 e. The van der Waals surface area contributed by atoms with Gasteiger partial charge in [-0.15, -0.1) is 12.4 Å². The third-order valence-corrected chi connectivity index (χ3v) is 4.82. The van der Waals surface area contributed by atoms with Crippen LogP contribution in [-0.4, -0.2) is 35.3 Å². The summed E-state index contributed by atoms with van der Waals surface area (Å²) in [7, 11) is 0. The van der Waals surface area contributed by atoms with Crippen molar-refractivity contribution >= 4 is 18.3 Å². The Hall–Kier alpha value is -1.07. The molecule has 0 spiro atoms. The van der Waals surface area contributed by atoms with Crippen molar-refractivity contribution in [2.75, 3.05) is 19.6 Å². The Morgan fingerprint density at radius 3 is 3.00 bits per heavy atom. The van der Waals surface area contributed by atoms with Gasteiger partial charge in [0.1, 0.15) is 5.69 Å². The van der Waals surface area contributed by atoms with E-state index in [1.807, 2.05) is 16.9 Å². The maximum atomic E-state index is 12.1. The zero-order valence-corrected chi connectivity index (χ0v) is 13.4. The fourth-order valence-corrected chi connectivity index (χ4v) is 2.91. The van der Waals surface area contributed by atoms with Gasteiger partial charge in [0.2, 0.25) is 0 Å². The van der Waals surface area contributed by atoms with Gasteiger partial charge in [0.05, 0.1) is 6.04 Å². The van der Waals surface area contributed by atoms with Crippen molar-refractivity contribution in [1.82, 2.24) is 20.4 Å². The molecule has 1 aromatic rings. The molecule has 2 N–H and O–H groups in total. The van der Waals surface area contributed by atoms with Gasteiger partial charge in [-0.2, -0.15) is 5.10 Å². The molecule has 6 heteroatoms. The van der Waals surface area contributed by atoms with Crippen molar-refractivity contribution < 1.29 is 4.79 Å². The van der Waals surface area contributed by atoms with Gasteiger partial charge in [0.25, 0.3) is 5.91 Å². The van der Waals surface area contributed by atoms with Gasteiger partial charge in [-0.25, -0.2) is 0 Å². The monoisotopic (exact) mass is 312 g/mol. The lowest BCUT2D eigenvalue weighted by molar-refractivity contribution is 0.0938. The van der Waals surface area contributed by atoms with Crippen molar-refractivity contribution in [3.8, 4) is 0 Å². The second kappa shape index (κ2) is 6.79. The molecule has 1 aliphatic heterocycles. The lowest BCUT2D eigenvalue weighted by Gasteiger charge is -2.22. The van der Waals surface area contributed by atoms with Gasteiger partial charge in [-0.05, 0) is 50.1 Å². The van der Waals surface area contributed by atoms with Crippen molar-refractivity contribution in [3.05, 3.63) is 18.0 Å². The highest BCUT2D eigenvalue weighted by molar-refractivity contribution is 5.92. The van der Waals surface area contributed by atoms with Crippen LogP contribution in [-0.2, 0) is 0 Å². The summed E-state index contributed by atoms with van der Waals surface area (Å²) < 4.78 is 1.94. The number of nitrogens with one attached hydrogen (secondary N) is 2. The Morgan fingerprint density at radius 1 is 1.57 bits per heavy atom. The summed E-state index contributed by atoms with van der Waals surface area (Å²) in [5.74, 6) is -0.0350. The number of hydrogen-bond acceptors (Lipinski definition) is 3. The molecule has 1 amide bonds. The standard InChI is InChI=1S/C15H24N4O.ClH/c1-2-15(6-7-15)11-17-14(20)13-5-9-19(18-13)12-4-3-8-16-10-12;/h5,9,12,16H,2-4,6-8,10-11H2,1H3,(H,17,20);1H. The number of amides is 1. The van der Waals surface area contributed by atoms with E-state index in [0.29, 0.717) is 17.2 Å². The van der Waals surface area contributed by atoms with E-state index >= 15 is 0 Å². The number of hydrogen-bond donors (Lipinski definition) is 2. The summed E-state index contributed by atoms with van der Waals surface area (Å²) in [6.45, 7) is 5.02. The Kier molecular flexibility index (Phi) is 5.27. The first-order chi connectivity index (χ1) is 9.72. The first kappa shape index (κ1) is 16.3. The summed E-state index contributed by atoms with van der Waals surface area (Å²) in [6, 6.07) is 2.21. The molecule has 1 aromatic heterocycles. The van der Waals surface area contributed by atoms with Crippen LogP contribution in [0.5, 0.6) is 0 Å². The first-order valence-electron chi connectivity index (χ1n) is 7.76. The highest BCUT2D eigenvalue weighted by Gasteiger charge is 2.40. The fourth-order valence-electron chi connectivity index (χ4n) is 2.91. The van der Waals surface area contributed by atoms with E-state index in [4.69, 9.17) is 0 Å². The molecular weight excluding hydrogens is 288 g/mol. The van der Waals surface area contributed by atoms with Crippen LogP contribution in [0.1, 0.15) is 55.6 Å². The third-order valence-electron chi connectivity index (χ3n) is 4.82. The number of piperidine rings is 1. The van der Waals surface area contributed by atoms with E-state index in [1.165, 1.54) is 19.3 Å². The Labute approximate surface area is 132 Å². The van der Waals surface area contributed by atoms with Gasteiger partial charge in [0, 0.05) is 19.3 Å². The molecule has 118 valence electrons. The summed E-state index contributed by atoms with van der Waals surface area (Å²) in [6.07, 6.45) is 7.87. The molecule has 0 bridgehead atoms. The second-order valence-electron chi connectivity index (χ2n) is 6.22. The van der Waals surface area contributed by atoms with Gasteiger partial charge in [-0.1, -0.05) is 6.92 Å². The number of nitrogens with zero attached hydrogens (tertiary/aromatic N) is 2. The quantitative estimate of drug-likeness (QED) is 0.876. The Bertz CT molecular complexity index is 478. The molecule has 2 fully saturated rings. The number of carbonyl (C=O) groups is 1. The van der Waals surface area contributed by atoms with Crippen LogP contribution in [0.3, 0.4) is 0 Å². The van der Waals surface area contributed by atoms with Crippen molar-refractivity contribution in [1.29, 1.82) is 0 Å². The molecule has 3 rings (SSSR count). The zero-order chi connectivity index (χ0) is 14.0. The molecule has 21 heavy (non-hydrogen) atoms. The summed E-state index contributed by atoms with van der Waals surface area (Å²) in [5.41, 5.74) is 0.924. The zero-order valence-electron chi connectivity index (χ0n) is 12.6. The van der Waals surface area contributed by atoms with E-state index < -0.39 is 0 Å². The molecule has 2 aliphatic rings. The normalized spacial score (nSPS) is 23.2.